The molecule has 0 radical (unpaired) electrons. The van der Waals surface area contributed by atoms with E-state index < -0.39 is 10.2 Å². The summed E-state index contributed by atoms with van der Waals surface area (Å²) in [5.74, 6) is -0.00910. The average Bonchev–Trinajstić information content (AvgIpc) is 2.55. The number of hydrogen-bond donors (Lipinski definition) is 1. The summed E-state index contributed by atoms with van der Waals surface area (Å²) < 4.78 is 33.2. The van der Waals surface area contributed by atoms with Gasteiger partial charge in [-0.15, -0.1) is 12.4 Å². The fourth-order valence-electron chi connectivity index (χ4n) is 2.78. The van der Waals surface area contributed by atoms with Gasteiger partial charge in [-0.05, 0) is 7.05 Å². The molecule has 2 aliphatic heterocycles. The van der Waals surface area contributed by atoms with Crippen LogP contribution in [0.4, 0.5) is 0 Å². The molecule has 1 unspecified atom stereocenters. The highest BCUT2D eigenvalue weighted by molar-refractivity contribution is 7.86. The second kappa shape index (κ2) is 9.14. The molecule has 2 fully saturated rings. The van der Waals surface area contributed by atoms with Crippen LogP contribution >= 0.6 is 12.4 Å². The van der Waals surface area contributed by atoms with Crippen molar-refractivity contribution in [1.29, 1.82) is 0 Å². The van der Waals surface area contributed by atoms with Crippen LogP contribution in [0.5, 0.6) is 0 Å². The van der Waals surface area contributed by atoms with Crippen LogP contribution in [0.15, 0.2) is 0 Å². The predicted molar refractivity (Wildman–Crippen MR) is 89.8 cm³/mol. The fourth-order valence-corrected chi connectivity index (χ4v) is 4.35. The second-order valence-electron chi connectivity index (χ2n) is 5.70. The van der Waals surface area contributed by atoms with Crippen molar-refractivity contribution >= 4 is 28.5 Å². The van der Waals surface area contributed by atoms with E-state index in [1.807, 2.05) is 14.0 Å². The first-order valence-corrected chi connectivity index (χ1v) is 9.13. The van der Waals surface area contributed by atoms with Crippen LogP contribution in [-0.2, 0) is 19.7 Å². The van der Waals surface area contributed by atoms with Crippen molar-refractivity contribution in [3.8, 4) is 0 Å². The van der Waals surface area contributed by atoms with Gasteiger partial charge in [-0.3, -0.25) is 4.79 Å². The van der Waals surface area contributed by atoms with Crippen molar-refractivity contribution in [3.05, 3.63) is 0 Å². The summed E-state index contributed by atoms with van der Waals surface area (Å²) >= 11 is 0. The van der Waals surface area contributed by atoms with Gasteiger partial charge in [0.1, 0.15) is 0 Å². The molecule has 8 nitrogen and oxygen atoms in total. The molecule has 2 aliphatic rings. The number of halogens is 1. The van der Waals surface area contributed by atoms with Crippen LogP contribution < -0.4 is 5.32 Å². The molecule has 23 heavy (non-hydrogen) atoms. The number of amides is 1. The highest BCUT2D eigenvalue weighted by atomic mass is 35.5. The molecule has 0 aromatic carbocycles. The van der Waals surface area contributed by atoms with Crippen LogP contribution in [0.25, 0.3) is 0 Å². The second-order valence-corrected chi connectivity index (χ2v) is 7.63. The topological polar surface area (TPSA) is 82.2 Å². The normalized spacial score (nSPS) is 22.4. The third-order valence-corrected chi connectivity index (χ3v) is 6.14. The third-order valence-electron chi connectivity index (χ3n) is 4.10. The maximum absolute atomic E-state index is 12.5. The molecule has 0 saturated carbocycles. The van der Waals surface area contributed by atoms with Gasteiger partial charge >= 0.3 is 0 Å². The van der Waals surface area contributed by atoms with E-state index in [0.717, 1.165) is 0 Å². The first-order valence-electron chi connectivity index (χ1n) is 7.73. The summed E-state index contributed by atoms with van der Waals surface area (Å²) in [4.78, 5) is 14.0. The Hall–Kier alpha value is -0.450. The number of rotatable bonds is 5. The van der Waals surface area contributed by atoms with Gasteiger partial charge in [0.2, 0.25) is 5.91 Å². The van der Waals surface area contributed by atoms with Crippen molar-refractivity contribution in [2.75, 3.05) is 66.1 Å². The Labute approximate surface area is 144 Å². The Morgan fingerprint density at radius 3 is 2.13 bits per heavy atom. The minimum Gasteiger partial charge on any atom is -0.379 e. The number of carbonyl (C=O) groups is 1. The van der Waals surface area contributed by atoms with Crippen LogP contribution in [0, 0.1) is 5.92 Å². The van der Waals surface area contributed by atoms with E-state index in [0.29, 0.717) is 59.0 Å². The van der Waals surface area contributed by atoms with Gasteiger partial charge < -0.3 is 15.0 Å². The van der Waals surface area contributed by atoms with Crippen molar-refractivity contribution in [2.24, 2.45) is 5.92 Å². The highest BCUT2D eigenvalue weighted by Crippen LogP contribution is 2.15. The Morgan fingerprint density at radius 2 is 1.61 bits per heavy atom. The van der Waals surface area contributed by atoms with Gasteiger partial charge in [0.25, 0.3) is 10.2 Å². The monoisotopic (exact) mass is 370 g/mol. The number of nitrogens with zero attached hydrogens (tertiary/aromatic N) is 3. The molecule has 1 atom stereocenters. The molecule has 10 heteroatoms. The molecule has 2 saturated heterocycles. The molecule has 2 heterocycles. The van der Waals surface area contributed by atoms with E-state index in [1.165, 1.54) is 8.61 Å². The lowest BCUT2D eigenvalue weighted by Gasteiger charge is -2.38. The van der Waals surface area contributed by atoms with E-state index in [9.17, 15) is 13.2 Å². The van der Waals surface area contributed by atoms with E-state index >= 15 is 0 Å². The smallest absolute Gasteiger partial charge is 0.282 e. The number of ether oxygens (including phenoxy) is 1. The molecular weight excluding hydrogens is 344 g/mol. The zero-order valence-corrected chi connectivity index (χ0v) is 15.4. The first-order chi connectivity index (χ1) is 10.5. The molecule has 136 valence electrons. The van der Waals surface area contributed by atoms with Gasteiger partial charge in [-0.2, -0.15) is 17.0 Å². The number of piperazine rings is 1. The molecule has 0 aliphatic carbocycles. The Morgan fingerprint density at radius 1 is 1.09 bits per heavy atom. The number of carbonyl (C=O) groups excluding carboxylic acids is 1. The van der Waals surface area contributed by atoms with E-state index in [2.05, 4.69) is 5.32 Å². The molecule has 1 amide bonds. The quantitative estimate of drug-likeness (QED) is 0.670. The Balaban J connectivity index is 0.00000264. The highest BCUT2D eigenvalue weighted by Gasteiger charge is 2.34. The fraction of sp³-hybridized carbons (Fsp3) is 0.923. The van der Waals surface area contributed by atoms with Crippen LogP contribution in [-0.4, -0.2) is 93.9 Å². The SMILES string of the molecule is CNCC(C)C(=O)N1CCN(S(=O)(=O)N2CCOCC2)CC1.Cl. The van der Waals surface area contributed by atoms with Gasteiger partial charge in [0.05, 0.1) is 13.2 Å². The molecule has 1 N–H and O–H groups in total. The van der Waals surface area contributed by atoms with Gasteiger partial charge in [0, 0.05) is 51.7 Å². The van der Waals surface area contributed by atoms with Crippen molar-refractivity contribution in [1.82, 2.24) is 18.8 Å². The zero-order valence-electron chi connectivity index (χ0n) is 13.7. The minimum absolute atomic E-state index is 0. The van der Waals surface area contributed by atoms with Crippen molar-refractivity contribution < 1.29 is 17.9 Å². The van der Waals surface area contributed by atoms with Crippen molar-refractivity contribution in [2.45, 2.75) is 6.92 Å². The molecule has 0 aromatic heterocycles. The number of nitrogens with one attached hydrogen (secondary N) is 1. The summed E-state index contributed by atoms with van der Waals surface area (Å²) in [5.41, 5.74) is 0. The summed E-state index contributed by atoms with van der Waals surface area (Å²) in [6.45, 7) is 5.84. The Bertz CT molecular complexity index is 476. The van der Waals surface area contributed by atoms with Gasteiger partial charge in [-0.1, -0.05) is 6.92 Å². The van der Waals surface area contributed by atoms with Crippen LogP contribution in [0.2, 0.25) is 0 Å². The van der Waals surface area contributed by atoms with Crippen LogP contribution in [0.3, 0.4) is 0 Å². The average molecular weight is 371 g/mol. The Kier molecular flexibility index (Phi) is 8.19. The molecule has 0 spiro atoms. The molecule has 0 bridgehead atoms. The summed E-state index contributed by atoms with van der Waals surface area (Å²) in [7, 11) is -1.61. The summed E-state index contributed by atoms with van der Waals surface area (Å²) in [5, 5.41) is 2.99. The lowest BCUT2D eigenvalue weighted by atomic mass is 10.1. The lowest BCUT2D eigenvalue weighted by Crippen LogP contribution is -2.56. The maximum atomic E-state index is 12.5. The van der Waals surface area contributed by atoms with E-state index in [-0.39, 0.29) is 24.2 Å². The zero-order chi connectivity index (χ0) is 16.2. The number of morpholine rings is 1. The maximum Gasteiger partial charge on any atom is 0.282 e. The van der Waals surface area contributed by atoms with E-state index in [4.69, 9.17) is 4.74 Å². The van der Waals surface area contributed by atoms with E-state index in [1.54, 1.807) is 4.90 Å². The van der Waals surface area contributed by atoms with Crippen molar-refractivity contribution in [3.63, 3.8) is 0 Å². The summed E-state index contributed by atoms with van der Waals surface area (Å²) in [6, 6.07) is 0. The standard InChI is InChI=1S/C13H26N4O4S.ClH/c1-12(11-14-2)13(18)15-3-5-16(6-4-15)22(19,20)17-7-9-21-10-8-17;/h12,14H,3-11H2,1-2H3;1H. The largest absolute Gasteiger partial charge is 0.379 e. The third kappa shape index (κ3) is 5.01. The first kappa shape index (κ1) is 20.6. The molecule has 0 aromatic rings. The minimum atomic E-state index is -3.43. The van der Waals surface area contributed by atoms with Gasteiger partial charge in [-0.25, -0.2) is 0 Å². The summed E-state index contributed by atoms with van der Waals surface area (Å²) in [6.07, 6.45) is 0. The lowest BCUT2D eigenvalue weighted by molar-refractivity contribution is -0.136. The van der Waals surface area contributed by atoms with Crippen LogP contribution in [0.1, 0.15) is 6.92 Å². The predicted octanol–water partition coefficient (Wildman–Crippen LogP) is -1.02. The number of hydrogen-bond acceptors (Lipinski definition) is 5. The van der Waals surface area contributed by atoms with Gasteiger partial charge in [0.15, 0.2) is 0 Å². The molecular formula is C13H27ClN4O4S. The molecule has 2 rings (SSSR count).